The second-order valence-electron chi connectivity index (χ2n) is 12.3. The molecular formula is C45H49N3S. The normalized spacial score (nSPS) is 12.4. The molecule has 0 fully saturated rings. The van der Waals surface area contributed by atoms with Gasteiger partial charge in [-0.1, -0.05) is 146 Å². The Morgan fingerprint density at radius 1 is 0.592 bits per heavy atom. The fourth-order valence-corrected chi connectivity index (χ4v) is 7.15. The Morgan fingerprint density at radius 3 is 1.71 bits per heavy atom. The zero-order chi connectivity index (χ0) is 34.8. The van der Waals surface area contributed by atoms with Crippen LogP contribution >= 0.6 is 11.8 Å². The molecule has 3 nitrogen and oxygen atoms in total. The molecule has 1 heterocycles. The molecular weight excluding hydrogens is 615 g/mol. The molecule has 0 aliphatic heterocycles. The zero-order valence-electron chi connectivity index (χ0n) is 30.1. The average molecular weight is 664 g/mol. The summed E-state index contributed by atoms with van der Waals surface area (Å²) in [5, 5.41) is 2.64. The Labute approximate surface area is 298 Å². The summed E-state index contributed by atoms with van der Waals surface area (Å²) >= 11 is 1.92. The van der Waals surface area contributed by atoms with Crippen molar-refractivity contribution in [2.75, 3.05) is 5.75 Å². The van der Waals surface area contributed by atoms with Crippen LogP contribution in [0.5, 0.6) is 0 Å². The second-order valence-corrected chi connectivity index (χ2v) is 13.4. The lowest BCUT2D eigenvalue weighted by atomic mass is 9.87. The molecule has 1 unspecified atom stereocenters. The first-order valence-corrected chi connectivity index (χ1v) is 18.9. The van der Waals surface area contributed by atoms with Crippen LogP contribution in [0.15, 0.2) is 120 Å². The number of aromatic nitrogens is 3. The van der Waals surface area contributed by atoms with E-state index in [0.717, 1.165) is 35.3 Å². The number of allylic oxidation sites excluding steroid dienone is 1. The van der Waals surface area contributed by atoms with E-state index in [1.807, 2.05) is 75.9 Å². The van der Waals surface area contributed by atoms with Gasteiger partial charge in [-0.05, 0) is 82.0 Å². The summed E-state index contributed by atoms with van der Waals surface area (Å²) in [6.07, 6.45) is 6.76. The predicted molar refractivity (Wildman–Crippen MR) is 214 cm³/mol. The molecule has 7 rings (SSSR count). The van der Waals surface area contributed by atoms with Crippen LogP contribution in [0.4, 0.5) is 0 Å². The van der Waals surface area contributed by atoms with Crippen molar-refractivity contribution < 1.29 is 0 Å². The van der Waals surface area contributed by atoms with E-state index in [9.17, 15) is 0 Å². The van der Waals surface area contributed by atoms with Crippen molar-refractivity contribution in [3.05, 3.63) is 126 Å². The van der Waals surface area contributed by atoms with Crippen molar-refractivity contribution in [1.82, 2.24) is 15.0 Å². The Morgan fingerprint density at radius 2 is 1.12 bits per heavy atom. The first-order valence-electron chi connectivity index (χ1n) is 17.9. The molecule has 4 heteroatoms. The topological polar surface area (TPSA) is 38.7 Å². The van der Waals surface area contributed by atoms with Crippen molar-refractivity contribution in [2.45, 2.75) is 66.2 Å². The van der Waals surface area contributed by atoms with E-state index in [2.05, 4.69) is 106 Å². The number of nitrogens with zero attached hydrogens (tertiary/aromatic N) is 3. The molecule has 49 heavy (non-hydrogen) atoms. The molecule has 0 spiro atoms. The fraction of sp³-hybridized carbons (Fsp3) is 0.267. The highest BCUT2D eigenvalue weighted by Gasteiger charge is 2.18. The molecule has 6 aromatic rings. The minimum absolute atomic E-state index is 0.600. The Kier molecular flexibility index (Phi) is 12.6. The second kappa shape index (κ2) is 17.2. The average Bonchev–Trinajstić information content (AvgIpc) is 3.18. The molecule has 1 aliphatic rings. The van der Waals surface area contributed by atoms with E-state index in [4.69, 9.17) is 15.0 Å². The summed E-state index contributed by atoms with van der Waals surface area (Å²) in [7, 11) is 0. The lowest BCUT2D eigenvalue weighted by Gasteiger charge is -2.19. The first-order chi connectivity index (χ1) is 24.0. The maximum Gasteiger partial charge on any atom is 0.164 e. The van der Waals surface area contributed by atoms with E-state index < -0.39 is 0 Å². The number of fused-ring (bicyclic) bond motifs is 3. The molecule has 1 atom stereocenters. The highest BCUT2D eigenvalue weighted by molar-refractivity contribution is 7.99. The van der Waals surface area contributed by atoms with E-state index in [-0.39, 0.29) is 0 Å². The van der Waals surface area contributed by atoms with Gasteiger partial charge < -0.3 is 0 Å². The van der Waals surface area contributed by atoms with Gasteiger partial charge >= 0.3 is 0 Å². The smallest absolute Gasteiger partial charge is 0.164 e. The van der Waals surface area contributed by atoms with Gasteiger partial charge in [-0.25, -0.2) is 15.0 Å². The largest absolute Gasteiger partial charge is 0.208 e. The molecule has 0 N–H and O–H groups in total. The van der Waals surface area contributed by atoms with Crippen LogP contribution in [-0.2, 0) is 6.42 Å². The summed E-state index contributed by atoms with van der Waals surface area (Å²) in [5.74, 6) is 4.32. The Bertz CT molecular complexity index is 1940. The molecule has 0 saturated carbocycles. The van der Waals surface area contributed by atoms with Crippen LogP contribution < -0.4 is 0 Å². The van der Waals surface area contributed by atoms with Crippen LogP contribution in [0.25, 0.3) is 62.1 Å². The Hall–Kier alpha value is -4.54. The molecule has 1 aromatic heterocycles. The number of hydrogen-bond donors (Lipinski definition) is 0. The molecule has 1 aliphatic carbocycles. The van der Waals surface area contributed by atoms with Crippen molar-refractivity contribution in [3.63, 3.8) is 0 Å². The van der Waals surface area contributed by atoms with Gasteiger partial charge in [0.15, 0.2) is 17.5 Å². The highest BCUT2D eigenvalue weighted by Crippen LogP contribution is 2.40. The quantitative estimate of drug-likeness (QED) is 0.152. The van der Waals surface area contributed by atoms with Gasteiger partial charge in [-0.3, -0.25) is 0 Å². The van der Waals surface area contributed by atoms with E-state index in [1.54, 1.807) is 0 Å². The van der Waals surface area contributed by atoms with Gasteiger partial charge in [0.05, 0.1) is 0 Å². The summed E-state index contributed by atoms with van der Waals surface area (Å²) in [5.41, 5.74) is 8.16. The minimum Gasteiger partial charge on any atom is -0.208 e. The zero-order valence-corrected chi connectivity index (χ0v) is 30.9. The molecule has 0 radical (unpaired) electrons. The van der Waals surface area contributed by atoms with Gasteiger partial charge in [0, 0.05) is 27.3 Å². The predicted octanol–water partition coefficient (Wildman–Crippen LogP) is 13.1. The van der Waals surface area contributed by atoms with Crippen molar-refractivity contribution >= 4 is 28.6 Å². The van der Waals surface area contributed by atoms with Gasteiger partial charge in [0.1, 0.15) is 0 Å². The Balaban J connectivity index is 0.00000113. The third-order valence-electron chi connectivity index (χ3n) is 8.88. The molecule has 250 valence electrons. The van der Waals surface area contributed by atoms with Gasteiger partial charge in [-0.2, -0.15) is 0 Å². The maximum atomic E-state index is 5.09. The van der Waals surface area contributed by atoms with Crippen molar-refractivity contribution in [2.24, 2.45) is 11.8 Å². The summed E-state index contributed by atoms with van der Waals surface area (Å²) in [4.78, 5) is 16.3. The van der Waals surface area contributed by atoms with Crippen LogP contribution in [0, 0.1) is 11.8 Å². The fourth-order valence-electron chi connectivity index (χ4n) is 5.89. The van der Waals surface area contributed by atoms with E-state index in [0.29, 0.717) is 29.3 Å². The van der Waals surface area contributed by atoms with Crippen molar-refractivity contribution in [3.8, 4) is 45.3 Å². The molecule has 5 aromatic carbocycles. The highest BCUT2D eigenvalue weighted by atomic mass is 32.2. The number of rotatable bonds is 8. The molecule has 0 bridgehead atoms. The van der Waals surface area contributed by atoms with Crippen molar-refractivity contribution in [1.29, 1.82) is 0 Å². The number of benzene rings is 5. The number of thioether (sulfide) groups is 1. The third kappa shape index (κ3) is 8.37. The van der Waals surface area contributed by atoms with Crippen LogP contribution in [0.1, 0.15) is 66.0 Å². The molecule has 0 amide bonds. The van der Waals surface area contributed by atoms with Gasteiger partial charge in [0.25, 0.3) is 0 Å². The maximum absolute atomic E-state index is 5.09. The molecule has 0 saturated heterocycles. The van der Waals surface area contributed by atoms with E-state index in [1.165, 1.54) is 37.9 Å². The summed E-state index contributed by atoms with van der Waals surface area (Å²) < 4.78 is 0. The lowest BCUT2D eigenvalue weighted by Crippen LogP contribution is -2.06. The SMILES string of the molecule is CC.CC.CC(C)C(C)CSc1cc(-c2nc(-c3ccccc3)nc(-c3ccccc3)n2)cc(-c2cc3c(c4ccccc24)CCC=C3)c1. The standard InChI is InChI=1S/C41H37N3S.2C2H6/c1-27(2)28(3)26-45-34-23-32(38-25-31-18-10-11-19-35(31)36-20-12-13-21-37(36)38)22-33(24-34)41-43-39(29-14-6-4-7-15-29)42-40(44-41)30-16-8-5-9-17-30;2*1-2/h4-10,12-18,20-25,27-28H,11,19,26H2,1-3H3;2*1-2H3. The van der Waals surface area contributed by atoms with Crippen LogP contribution in [0.2, 0.25) is 0 Å². The first kappa shape index (κ1) is 35.8. The van der Waals surface area contributed by atoms with Crippen LogP contribution in [-0.4, -0.2) is 20.7 Å². The van der Waals surface area contributed by atoms with E-state index >= 15 is 0 Å². The number of aryl methyl sites for hydroxylation is 1. The lowest BCUT2D eigenvalue weighted by molar-refractivity contribution is 0.464. The van der Waals surface area contributed by atoms with Gasteiger partial charge in [-0.15, -0.1) is 11.8 Å². The third-order valence-corrected chi connectivity index (χ3v) is 10.1. The number of hydrogen-bond acceptors (Lipinski definition) is 4. The summed E-state index contributed by atoms with van der Waals surface area (Å²) in [6, 6.07) is 38.6. The summed E-state index contributed by atoms with van der Waals surface area (Å²) in [6.45, 7) is 15.0. The van der Waals surface area contributed by atoms with Crippen LogP contribution in [0.3, 0.4) is 0 Å². The minimum atomic E-state index is 0.600. The monoisotopic (exact) mass is 663 g/mol. The van der Waals surface area contributed by atoms with Gasteiger partial charge in [0.2, 0.25) is 0 Å².